The van der Waals surface area contributed by atoms with Gasteiger partial charge >= 0.3 is 0 Å². The SMILES string of the molecule is COc1ccccc1NC(=O)/C=C(\C)c1cc2c(-c3ccc(C)cc3)coc2c(C)c1OC. The predicted octanol–water partition coefficient (Wildman–Crippen LogP) is 6.78. The van der Waals surface area contributed by atoms with Crippen molar-refractivity contribution >= 4 is 28.1 Å². The quantitative estimate of drug-likeness (QED) is 0.335. The van der Waals surface area contributed by atoms with Crippen molar-refractivity contribution in [1.82, 2.24) is 0 Å². The number of aryl methyl sites for hydroxylation is 2. The number of carbonyl (C=O) groups excluding carboxylic acids is 1. The second-order valence-corrected chi connectivity index (χ2v) is 7.99. The van der Waals surface area contributed by atoms with Crippen LogP contribution in [-0.4, -0.2) is 20.1 Å². The van der Waals surface area contributed by atoms with E-state index in [-0.39, 0.29) is 5.91 Å². The van der Waals surface area contributed by atoms with E-state index in [1.54, 1.807) is 38.7 Å². The third-order valence-corrected chi connectivity index (χ3v) is 5.75. The number of carbonyl (C=O) groups is 1. The maximum atomic E-state index is 12.8. The van der Waals surface area contributed by atoms with E-state index in [4.69, 9.17) is 13.9 Å². The molecule has 0 unspecified atom stereocenters. The Morgan fingerprint density at radius 1 is 1.00 bits per heavy atom. The minimum Gasteiger partial charge on any atom is -0.496 e. The molecule has 0 aliphatic rings. The van der Waals surface area contributed by atoms with Gasteiger partial charge in [0.05, 0.1) is 26.2 Å². The summed E-state index contributed by atoms with van der Waals surface area (Å²) in [6, 6.07) is 17.7. The second-order valence-electron chi connectivity index (χ2n) is 7.99. The Morgan fingerprint density at radius 3 is 2.42 bits per heavy atom. The Morgan fingerprint density at radius 2 is 1.73 bits per heavy atom. The summed E-state index contributed by atoms with van der Waals surface area (Å²) in [6.07, 6.45) is 3.35. The molecule has 168 valence electrons. The van der Waals surface area contributed by atoms with Crippen LogP contribution in [0.1, 0.15) is 23.6 Å². The first kappa shape index (κ1) is 22.2. The first-order chi connectivity index (χ1) is 15.9. The van der Waals surface area contributed by atoms with Gasteiger partial charge in [-0.15, -0.1) is 0 Å². The lowest BCUT2D eigenvalue weighted by atomic mass is 9.96. The number of nitrogens with one attached hydrogen (secondary N) is 1. The molecule has 0 atom stereocenters. The molecule has 0 aliphatic carbocycles. The topological polar surface area (TPSA) is 60.7 Å². The van der Waals surface area contributed by atoms with Gasteiger partial charge in [-0.3, -0.25) is 4.79 Å². The van der Waals surface area contributed by atoms with Gasteiger partial charge in [0.1, 0.15) is 17.1 Å². The molecule has 0 radical (unpaired) electrons. The van der Waals surface area contributed by atoms with Crippen molar-refractivity contribution in [2.75, 3.05) is 19.5 Å². The molecule has 5 nitrogen and oxygen atoms in total. The van der Waals surface area contributed by atoms with Crippen LogP contribution in [0.4, 0.5) is 5.69 Å². The predicted molar refractivity (Wildman–Crippen MR) is 133 cm³/mol. The summed E-state index contributed by atoms with van der Waals surface area (Å²) < 4.78 is 17.0. The standard InChI is InChI=1S/C28H27NO4/c1-17-10-12-20(13-11-17)23-16-33-28-19(3)27(32-5)21(15-22(23)28)18(2)14-26(30)29-24-8-6-7-9-25(24)31-4/h6-16H,1-5H3,(H,29,30)/b18-14+. The summed E-state index contributed by atoms with van der Waals surface area (Å²) in [5.74, 6) is 1.04. The Bertz CT molecular complexity index is 1350. The lowest BCUT2D eigenvalue weighted by molar-refractivity contribution is -0.111. The Kier molecular flexibility index (Phi) is 6.22. The summed E-state index contributed by atoms with van der Waals surface area (Å²) in [5, 5.41) is 3.87. The molecule has 0 bridgehead atoms. The molecule has 33 heavy (non-hydrogen) atoms. The van der Waals surface area contributed by atoms with E-state index < -0.39 is 0 Å². The fourth-order valence-corrected chi connectivity index (χ4v) is 4.02. The maximum Gasteiger partial charge on any atom is 0.248 e. The number of rotatable bonds is 6. The number of allylic oxidation sites excluding steroid dienone is 1. The van der Waals surface area contributed by atoms with E-state index in [1.807, 2.05) is 32.0 Å². The second kappa shape index (κ2) is 9.25. The van der Waals surface area contributed by atoms with Gasteiger partial charge in [-0.05, 0) is 50.1 Å². The fourth-order valence-electron chi connectivity index (χ4n) is 4.02. The van der Waals surface area contributed by atoms with E-state index in [0.29, 0.717) is 17.2 Å². The minimum absolute atomic E-state index is 0.247. The number of methoxy groups -OCH3 is 2. The molecule has 0 saturated carbocycles. The molecule has 1 heterocycles. The number of anilines is 1. The molecule has 3 aromatic carbocycles. The van der Waals surface area contributed by atoms with Gasteiger partial charge in [0, 0.05) is 28.2 Å². The van der Waals surface area contributed by atoms with Crippen LogP contribution in [0.25, 0.3) is 27.7 Å². The number of fused-ring (bicyclic) bond motifs is 1. The van der Waals surface area contributed by atoms with E-state index in [9.17, 15) is 4.79 Å². The number of hydrogen-bond acceptors (Lipinski definition) is 4. The van der Waals surface area contributed by atoms with Gasteiger partial charge in [-0.1, -0.05) is 42.0 Å². The largest absolute Gasteiger partial charge is 0.496 e. The van der Waals surface area contributed by atoms with Crippen molar-refractivity contribution in [2.45, 2.75) is 20.8 Å². The minimum atomic E-state index is -0.247. The fraction of sp³-hybridized carbons (Fsp3) is 0.179. The van der Waals surface area contributed by atoms with Crippen molar-refractivity contribution in [1.29, 1.82) is 0 Å². The van der Waals surface area contributed by atoms with Crippen LogP contribution >= 0.6 is 0 Å². The first-order valence-corrected chi connectivity index (χ1v) is 10.7. The number of amides is 1. The molecule has 0 saturated heterocycles. The van der Waals surface area contributed by atoms with Crippen LogP contribution in [0.3, 0.4) is 0 Å². The van der Waals surface area contributed by atoms with Crippen LogP contribution in [0, 0.1) is 13.8 Å². The summed E-state index contributed by atoms with van der Waals surface area (Å²) in [7, 11) is 3.20. The van der Waals surface area contributed by atoms with Crippen molar-refractivity contribution in [3.8, 4) is 22.6 Å². The highest BCUT2D eigenvalue weighted by Crippen LogP contribution is 2.40. The summed E-state index contributed by atoms with van der Waals surface area (Å²) in [5.41, 5.74) is 7.18. The maximum absolute atomic E-state index is 12.8. The summed E-state index contributed by atoms with van der Waals surface area (Å²) in [4.78, 5) is 12.8. The van der Waals surface area contributed by atoms with Gasteiger partial charge in [-0.25, -0.2) is 0 Å². The molecule has 1 aromatic heterocycles. The van der Waals surface area contributed by atoms with E-state index in [0.717, 1.165) is 38.8 Å². The van der Waals surface area contributed by atoms with Crippen LogP contribution in [-0.2, 0) is 4.79 Å². The number of benzene rings is 3. The molecular formula is C28H27NO4. The van der Waals surface area contributed by atoms with Gasteiger partial charge in [-0.2, -0.15) is 0 Å². The van der Waals surface area contributed by atoms with Gasteiger partial charge in [0.2, 0.25) is 5.91 Å². The lowest BCUT2D eigenvalue weighted by Gasteiger charge is -2.14. The molecule has 5 heteroatoms. The Hall–Kier alpha value is -3.99. The number of furan rings is 1. The molecule has 0 spiro atoms. The first-order valence-electron chi connectivity index (χ1n) is 10.7. The van der Waals surface area contributed by atoms with Crippen LogP contribution in [0.5, 0.6) is 11.5 Å². The zero-order valence-electron chi connectivity index (χ0n) is 19.5. The molecule has 4 aromatic rings. The van der Waals surface area contributed by atoms with Crippen LogP contribution < -0.4 is 14.8 Å². The third kappa shape index (κ3) is 4.35. The van der Waals surface area contributed by atoms with E-state index >= 15 is 0 Å². The number of para-hydroxylation sites is 2. The van der Waals surface area contributed by atoms with Crippen molar-refractivity contribution in [3.05, 3.63) is 83.6 Å². The monoisotopic (exact) mass is 441 g/mol. The van der Waals surface area contributed by atoms with E-state index in [1.165, 1.54) is 5.56 Å². The Balaban J connectivity index is 1.76. The summed E-state index contributed by atoms with van der Waals surface area (Å²) in [6.45, 7) is 5.93. The van der Waals surface area contributed by atoms with Crippen LogP contribution in [0.15, 0.2) is 71.4 Å². The normalized spacial score (nSPS) is 11.5. The number of ether oxygens (including phenoxy) is 2. The number of hydrogen-bond donors (Lipinski definition) is 1. The smallest absolute Gasteiger partial charge is 0.248 e. The van der Waals surface area contributed by atoms with E-state index in [2.05, 4.69) is 36.5 Å². The van der Waals surface area contributed by atoms with Crippen LogP contribution in [0.2, 0.25) is 0 Å². The zero-order valence-corrected chi connectivity index (χ0v) is 19.5. The highest BCUT2D eigenvalue weighted by atomic mass is 16.5. The highest BCUT2D eigenvalue weighted by Gasteiger charge is 2.19. The van der Waals surface area contributed by atoms with Crippen molar-refractivity contribution < 1.29 is 18.7 Å². The molecule has 4 rings (SSSR count). The van der Waals surface area contributed by atoms with Gasteiger partial charge in [0.15, 0.2) is 0 Å². The lowest BCUT2D eigenvalue weighted by Crippen LogP contribution is -2.09. The molecule has 1 amide bonds. The zero-order chi connectivity index (χ0) is 23.5. The average molecular weight is 442 g/mol. The molecular weight excluding hydrogens is 414 g/mol. The van der Waals surface area contributed by atoms with Gasteiger partial charge < -0.3 is 19.2 Å². The molecule has 0 aliphatic heterocycles. The Labute approximate surface area is 193 Å². The third-order valence-electron chi connectivity index (χ3n) is 5.75. The van der Waals surface area contributed by atoms with Gasteiger partial charge in [0.25, 0.3) is 0 Å². The molecule has 0 fully saturated rings. The van der Waals surface area contributed by atoms with Crippen molar-refractivity contribution in [2.24, 2.45) is 0 Å². The molecule has 1 N–H and O–H groups in total. The highest BCUT2D eigenvalue weighted by molar-refractivity contribution is 6.06. The average Bonchev–Trinajstić information content (AvgIpc) is 3.24. The summed E-state index contributed by atoms with van der Waals surface area (Å²) >= 11 is 0. The van der Waals surface area contributed by atoms with Crippen molar-refractivity contribution in [3.63, 3.8) is 0 Å².